The van der Waals surface area contributed by atoms with E-state index in [2.05, 4.69) is 43.5 Å². The summed E-state index contributed by atoms with van der Waals surface area (Å²) < 4.78 is 5.73. The standard InChI is InChI=1S/C22H27N3O3/c1-21(2)13-17(14-22(3,4)25-21)23-20(26)15-5-9-18(10-6-15)28-19-11-7-16(24-27)8-12-19/h5-12,17,25H,13-14H2,1-4H3,(H,23,26). The average molecular weight is 381 g/mol. The summed E-state index contributed by atoms with van der Waals surface area (Å²) in [5, 5.41) is 9.65. The molecule has 1 aliphatic rings. The third kappa shape index (κ3) is 5.16. The molecule has 1 fully saturated rings. The zero-order valence-corrected chi connectivity index (χ0v) is 16.8. The van der Waals surface area contributed by atoms with Crippen LogP contribution >= 0.6 is 0 Å². The van der Waals surface area contributed by atoms with Crippen molar-refractivity contribution in [3.8, 4) is 11.5 Å². The van der Waals surface area contributed by atoms with Gasteiger partial charge in [0.2, 0.25) is 0 Å². The number of nitrogens with one attached hydrogen (secondary N) is 2. The van der Waals surface area contributed by atoms with Crippen LogP contribution in [0.1, 0.15) is 50.9 Å². The van der Waals surface area contributed by atoms with Crippen molar-refractivity contribution in [1.82, 2.24) is 10.6 Å². The van der Waals surface area contributed by atoms with Crippen LogP contribution < -0.4 is 15.4 Å². The smallest absolute Gasteiger partial charge is 0.251 e. The lowest BCUT2D eigenvalue weighted by Crippen LogP contribution is -2.62. The second-order valence-corrected chi connectivity index (χ2v) is 8.68. The molecule has 0 atom stereocenters. The lowest BCUT2D eigenvalue weighted by atomic mass is 9.79. The summed E-state index contributed by atoms with van der Waals surface area (Å²) in [5.41, 5.74) is 0.907. The van der Waals surface area contributed by atoms with Crippen molar-refractivity contribution in [2.24, 2.45) is 5.18 Å². The Hall–Kier alpha value is -2.73. The van der Waals surface area contributed by atoms with Gasteiger partial charge in [0.1, 0.15) is 17.2 Å². The van der Waals surface area contributed by atoms with Crippen LogP contribution in [-0.4, -0.2) is 23.0 Å². The normalized spacial score (nSPS) is 18.3. The van der Waals surface area contributed by atoms with E-state index >= 15 is 0 Å². The highest BCUT2D eigenvalue weighted by Gasteiger charge is 2.38. The fraction of sp³-hybridized carbons (Fsp3) is 0.409. The van der Waals surface area contributed by atoms with Crippen molar-refractivity contribution < 1.29 is 9.53 Å². The minimum absolute atomic E-state index is 0.0215. The number of piperidine rings is 1. The summed E-state index contributed by atoms with van der Waals surface area (Å²) >= 11 is 0. The fourth-order valence-electron chi connectivity index (χ4n) is 4.08. The van der Waals surface area contributed by atoms with Gasteiger partial charge in [-0.2, -0.15) is 0 Å². The predicted molar refractivity (Wildman–Crippen MR) is 110 cm³/mol. The quantitative estimate of drug-likeness (QED) is 0.721. The zero-order valence-electron chi connectivity index (χ0n) is 16.8. The number of carbonyl (C=O) groups is 1. The molecule has 1 amide bonds. The Morgan fingerprint density at radius 2 is 1.46 bits per heavy atom. The molecule has 2 aromatic rings. The summed E-state index contributed by atoms with van der Waals surface area (Å²) in [7, 11) is 0. The molecule has 0 saturated carbocycles. The molecule has 2 aromatic carbocycles. The number of rotatable bonds is 5. The van der Waals surface area contributed by atoms with Crippen molar-refractivity contribution in [2.75, 3.05) is 0 Å². The van der Waals surface area contributed by atoms with Gasteiger partial charge in [-0.25, -0.2) is 0 Å². The lowest BCUT2D eigenvalue weighted by molar-refractivity contribution is 0.0873. The van der Waals surface area contributed by atoms with Crippen LogP contribution in [0, 0.1) is 4.91 Å². The maximum absolute atomic E-state index is 12.7. The van der Waals surface area contributed by atoms with Gasteiger partial charge in [-0.3, -0.25) is 4.79 Å². The average Bonchev–Trinajstić information content (AvgIpc) is 2.60. The molecule has 0 spiro atoms. The number of ether oxygens (including phenoxy) is 1. The first kappa shape index (κ1) is 20.0. The van der Waals surface area contributed by atoms with Crippen LogP contribution in [0.25, 0.3) is 0 Å². The van der Waals surface area contributed by atoms with Gasteiger partial charge in [-0.15, -0.1) is 4.91 Å². The fourth-order valence-corrected chi connectivity index (χ4v) is 4.08. The van der Waals surface area contributed by atoms with Crippen molar-refractivity contribution in [1.29, 1.82) is 0 Å². The van der Waals surface area contributed by atoms with Crippen molar-refractivity contribution >= 4 is 11.6 Å². The molecule has 0 unspecified atom stereocenters. The largest absolute Gasteiger partial charge is 0.457 e. The monoisotopic (exact) mass is 381 g/mol. The minimum Gasteiger partial charge on any atom is -0.457 e. The second kappa shape index (κ2) is 7.72. The van der Waals surface area contributed by atoms with Gasteiger partial charge in [0, 0.05) is 22.7 Å². The molecule has 2 N–H and O–H groups in total. The molecule has 6 heteroatoms. The number of amides is 1. The van der Waals surface area contributed by atoms with E-state index in [0.29, 0.717) is 22.7 Å². The van der Waals surface area contributed by atoms with Gasteiger partial charge < -0.3 is 15.4 Å². The Labute approximate surface area is 165 Å². The van der Waals surface area contributed by atoms with E-state index in [1.165, 1.54) is 0 Å². The van der Waals surface area contributed by atoms with E-state index < -0.39 is 0 Å². The molecule has 0 aliphatic carbocycles. The molecule has 148 valence electrons. The first-order valence-electron chi connectivity index (χ1n) is 9.47. The Kier molecular flexibility index (Phi) is 5.52. The SMILES string of the molecule is CC1(C)CC(NC(=O)c2ccc(Oc3ccc(N=O)cc3)cc2)CC(C)(C)N1. The van der Waals surface area contributed by atoms with Gasteiger partial charge in [0.25, 0.3) is 5.91 Å². The molecule has 6 nitrogen and oxygen atoms in total. The molecule has 1 saturated heterocycles. The van der Waals surface area contributed by atoms with Gasteiger partial charge in [-0.05, 0) is 94.2 Å². The van der Waals surface area contributed by atoms with Gasteiger partial charge >= 0.3 is 0 Å². The number of hydrogen-bond acceptors (Lipinski definition) is 5. The predicted octanol–water partition coefficient (Wildman–Crippen LogP) is 4.92. The number of hydrogen-bond donors (Lipinski definition) is 2. The molecule has 0 aromatic heterocycles. The first-order valence-corrected chi connectivity index (χ1v) is 9.47. The first-order chi connectivity index (χ1) is 13.2. The van der Waals surface area contributed by atoms with Gasteiger partial charge in [0.05, 0.1) is 0 Å². The van der Waals surface area contributed by atoms with E-state index in [1.54, 1.807) is 48.5 Å². The summed E-state index contributed by atoms with van der Waals surface area (Å²) in [5.74, 6) is 1.14. The second-order valence-electron chi connectivity index (χ2n) is 8.68. The molecule has 1 heterocycles. The highest BCUT2D eigenvalue weighted by atomic mass is 16.5. The van der Waals surface area contributed by atoms with E-state index in [0.717, 1.165) is 12.8 Å². The van der Waals surface area contributed by atoms with Crippen molar-refractivity contribution in [3.05, 3.63) is 59.0 Å². The van der Waals surface area contributed by atoms with Crippen LogP contribution in [0.2, 0.25) is 0 Å². The van der Waals surface area contributed by atoms with Crippen molar-refractivity contribution in [2.45, 2.75) is 57.7 Å². The number of nitroso groups, excluding NO2 is 1. The molecule has 1 aliphatic heterocycles. The molecule has 0 radical (unpaired) electrons. The Bertz CT molecular complexity index is 826. The highest BCUT2D eigenvalue weighted by Crippen LogP contribution is 2.29. The van der Waals surface area contributed by atoms with Crippen LogP contribution in [0.4, 0.5) is 5.69 Å². The molecule has 0 bridgehead atoms. The van der Waals surface area contributed by atoms with Crippen LogP contribution in [0.5, 0.6) is 11.5 Å². The van der Waals surface area contributed by atoms with Crippen LogP contribution in [0.15, 0.2) is 53.7 Å². The Morgan fingerprint density at radius 1 is 0.964 bits per heavy atom. The summed E-state index contributed by atoms with van der Waals surface area (Å²) in [6.07, 6.45) is 1.77. The molecule has 28 heavy (non-hydrogen) atoms. The molecular weight excluding hydrogens is 354 g/mol. The lowest BCUT2D eigenvalue weighted by Gasteiger charge is -2.46. The summed E-state index contributed by atoms with van der Waals surface area (Å²) in [6.45, 7) is 8.65. The summed E-state index contributed by atoms with van der Waals surface area (Å²) in [6, 6.07) is 13.7. The van der Waals surface area contributed by atoms with E-state index in [1.807, 2.05) is 0 Å². The minimum atomic E-state index is -0.0774. The summed E-state index contributed by atoms with van der Waals surface area (Å²) in [4.78, 5) is 23.1. The highest BCUT2D eigenvalue weighted by molar-refractivity contribution is 5.94. The van der Waals surface area contributed by atoms with E-state index in [-0.39, 0.29) is 23.0 Å². The third-order valence-electron chi connectivity index (χ3n) is 4.82. The van der Waals surface area contributed by atoms with Crippen LogP contribution in [-0.2, 0) is 0 Å². The number of carbonyl (C=O) groups excluding carboxylic acids is 1. The van der Waals surface area contributed by atoms with Gasteiger partial charge in [-0.1, -0.05) is 0 Å². The Balaban J connectivity index is 1.62. The molecular formula is C22H27N3O3. The van der Waals surface area contributed by atoms with Crippen molar-refractivity contribution in [3.63, 3.8) is 0 Å². The maximum Gasteiger partial charge on any atom is 0.251 e. The number of benzene rings is 2. The van der Waals surface area contributed by atoms with Gasteiger partial charge in [0.15, 0.2) is 0 Å². The molecule has 3 rings (SSSR count). The maximum atomic E-state index is 12.7. The van der Waals surface area contributed by atoms with Crippen LogP contribution in [0.3, 0.4) is 0 Å². The van der Waals surface area contributed by atoms with E-state index in [9.17, 15) is 9.70 Å². The number of nitrogens with zero attached hydrogens (tertiary/aromatic N) is 1. The zero-order chi connectivity index (χ0) is 20.4. The Morgan fingerprint density at radius 3 is 1.96 bits per heavy atom. The third-order valence-corrected chi connectivity index (χ3v) is 4.82. The topological polar surface area (TPSA) is 79.8 Å². The van der Waals surface area contributed by atoms with E-state index in [4.69, 9.17) is 4.74 Å².